The lowest BCUT2D eigenvalue weighted by Crippen LogP contribution is -2.32. The average Bonchev–Trinajstić information content (AvgIpc) is 2.78. The van der Waals surface area contributed by atoms with E-state index in [2.05, 4.69) is 15.5 Å². The molecule has 0 aromatic heterocycles. The van der Waals surface area contributed by atoms with E-state index in [1.807, 2.05) is 6.92 Å². The van der Waals surface area contributed by atoms with E-state index in [-0.39, 0.29) is 27.2 Å². The highest BCUT2D eigenvalue weighted by Crippen LogP contribution is 2.41. The molecule has 2 aromatic rings. The van der Waals surface area contributed by atoms with E-state index in [1.54, 1.807) is 19.1 Å². The van der Waals surface area contributed by atoms with Gasteiger partial charge in [0.15, 0.2) is 23.0 Å². The molecule has 0 aliphatic heterocycles. The molecular weight excluding hydrogens is 473 g/mol. The van der Waals surface area contributed by atoms with Crippen molar-refractivity contribution >= 4 is 46.3 Å². The highest BCUT2D eigenvalue weighted by Gasteiger charge is 2.26. The lowest BCUT2D eigenvalue weighted by atomic mass is 10.2. The molecule has 9 nitrogen and oxygen atoms in total. The van der Waals surface area contributed by atoms with Crippen LogP contribution in [-0.2, 0) is 9.59 Å². The number of hydrogen-bond acceptors (Lipinski definition) is 8. The maximum atomic E-state index is 12.9. The van der Waals surface area contributed by atoms with Crippen molar-refractivity contribution in [2.75, 3.05) is 32.8 Å². The number of hydrogen-bond donors (Lipinski definition) is 1. The molecule has 1 amide bonds. The zero-order chi connectivity index (χ0) is 24.5. The fourth-order valence-corrected chi connectivity index (χ4v) is 3.21. The molecule has 0 spiro atoms. The van der Waals surface area contributed by atoms with Gasteiger partial charge in [-0.15, -0.1) is 0 Å². The van der Waals surface area contributed by atoms with Gasteiger partial charge < -0.3 is 24.3 Å². The Labute approximate surface area is 202 Å². The highest BCUT2D eigenvalue weighted by atomic mass is 35.5. The summed E-state index contributed by atoms with van der Waals surface area (Å²) in [5.74, 6) is 0.155. The topological polar surface area (TPSA) is 108 Å². The first-order valence-corrected chi connectivity index (χ1v) is 10.7. The van der Waals surface area contributed by atoms with Gasteiger partial charge >= 0.3 is 0 Å². The number of carbonyl (C=O) groups excluding carboxylic acids is 2. The Bertz CT molecular complexity index is 1050. The van der Waals surface area contributed by atoms with E-state index in [9.17, 15) is 9.59 Å². The maximum Gasteiger partial charge on any atom is 0.258 e. The van der Waals surface area contributed by atoms with Crippen LogP contribution in [0.1, 0.15) is 20.8 Å². The molecule has 33 heavy (non-hydrogen) atoms. The van der Waals surface area contributed by atoms with Gasteiger partial charge in [0.1, 0.15) is 16.5 Å². The first-order valence-electron chi connectivity index (χ1n) is 9.99. The van der Waals surface area contributed by atoms with Crippen molar-refractivity contribution in [2.24, 2.45) is 10.2 Å². The molecular formula is C22H25Cl2N3O6. The van der Waals surface area contributed by atoms with Gasteiger partial charge in [0, 0.05) is 12.1 Å². The number of nitrogens with zero attached hydrogens (tertiary/aromatic N) is 2. The summed E-state index contributed by atoms with van der Waals surface area (Å²) < 4.78 is 21.4. The standard InChI is InChI=1S/C22H25Cl2N3O6/c1-6-32-16-9-8-14(21(19(16)24)33-7-2)25-22(29)20(12(3)28)27-26-15-11-18(31-5)17(30-4)10-13(15)23/h8-11,20H,6-7H2,1-5H3,(H,25,29). The summed E-state index contributed by atoms with van der Waals surface area (Å²) in [4.78, 5) is 25.0. The predicted molar refractivity (Wildman–Crippen MR) is 126 cm³/mol. The molecule has 0 aliphatic carbocycles. The van der Waals surface area contributed by atoms with Gasteiger partial charge in [-0.2, -0.15) is 10.2 Å². The van der Waals surface area contributed by atoms with Gasteiger partial charge in [-0.05, 0) is 32.9 Å². The van der Waals surface area contributed by atoms with Gasteiger partial charge in [-0.3, -0.25) is 9.59 Å². The Balaban J connectivity index is 2.34. The summed E-state index contributed by atoms with van der Waals surface area (Å²) >= 11 is 12.6. The minimum Gasteiger partial charge on any atom is -0.493 e. The Morgan fingerprint density at radius 1 is 1.00 bits per heavy atom. The summed E-state index contributed by atoms with van der Waals surface area (Å²) in [6.07, 6.45) is 0. The Kier molecular flexibility index (Phi) is 9.74. The van der Waals surface area contributed by atoms with Crippen LogP contribution in [0.25, 0.3) is 0 Å². The van der Waals surface area contributed by atoms with Gasteiger partial charge in [-0.25, -0.2) is 0 Å². The molecule has 0 fully saturated rings. The Hall–Kier alpha value is -3.04. The van der Waals surface area contributed by atoms with Gasteiger partial charge in [0.25, 0.3) is 5.91 Å². The summed E-state index contributed by atoms with van der Waals surface area (Å²) in [6.45, 7) is 5.52. The first-order chi connectivity index (χ1) is 15.8. The monoisotopic (exact) mass is 497 g/mol. The van der Waals surface area contributed by atoms with Crippen molar-refractivity contribution < 1.29 is 28.5 Å². The quantitative estimate of drug-likeness (QED) is 0.324. The molecule has 2 rings (SSSR count). The molecule has 1 unspecified atom stereocenters. The number of halogens is 2. The molecule has 1 N–H and O–H groups in total. The summed E-state index contributed by atoms with van der Waals surface area (Å²) in [5, 5.41) is 10.9. The van der Waals surface area contributed by atoms with Crippen LogP contribution in [0.3, 0.4) is 0 Å². The van der Waals surface area contributed by atoms with Crippen LogP contribution in [0, 0.1) is 0 Å². The van der Waals surface area contributed by atoms with Crippen molar-refractivity contribution in [2.45, 2.75) is 26.8 Å². The second-order valence-corrected chi connectivity index (χ2v) is 7.28. The number of ether oxygens (including phenoxy) is 4. The van der Waals surface area contributed by atoms with Crippen LogP contribution in [0.15, 0.2) is 34.5 Å². The fourth-order valence-electron chi connectivity index (χ4n) is 2.75. The van der Waals surface area contributed by atoms with Gasteiger partial charge in [-0.1, -0.05) is 23.2 Å². The Morgan fingerprint density at radius 2 is 1.64 bits per heavy atom. The van der Waals surface area contributed by atoms with Crippen molar-refractivity contribution in [3.63, 3.8) is 0 Å². The molecule has 0 heterocycles. The van der Waals surface area contributed by atoms with Crippen LogP contribution in [0.5, 0.6) is 23.0 Å². The van der Waals surface area contributed by atoms with Crippen molar-refractivity contribution in [3.8, 4) is 23.0 Å². The molecule has 0 bridgehead atoms. The normalized spacial score (nSPS) is 11.7. The van der Waals surface area contributed by atoms with Crippen LogP contribution in [0.2, 0.25) is 10.0 Å². The second-order valence-electron chi connectivity index (χ2n) is 6.50. The molecule has 0 radical (unpaired) electrons. The zero-order valence-corrected chi connectivity index (χ0v) is 20.4. The average molecular weight is 498 g/mol. The van der Waals surface area contributed by atoms with E-state index in [0.29, 0.717) is 30.5 Å². The first kappa shape index (κ1) is 26.2. The fraction of sp³-hybridized carbons (Fsp3) is 0.364. The molecule has 178 valence electrons. The zero-order valence-electron chi connectivity index (χ0n) is 18.9. The highest BCUT2D eigenvalue weighted by molar-refractivity contribution is 6.34. The second kappa shape index (κ2) is 12.3. The molecule has 2 aromatic carbocycles. The van der Waals surface area contributed by atoms with E-state index in [1.165, 1.54) is 33.3 Å². The number of ketones is 1. The molecule has 11 heteroatoms. The summed E-state index contributed by atoms with van der Waals surface area (Å²) in [7, 11) is 2.92. The van der Waals surface area contributed by atoms with Crippen molar-refractivity contribution in [1.29, 1.82) is 0 Å². The van der Waals surface area contributed by atoms with E-state index >= 15 is 0 Å². The summed E-state index contributed by atoms with van der Waals surface area (Å²) in [5.41, 5.74) is 0.466. The summed E-state index contributed by atoms with van der Waals surface area (Å²) in [6, 6.07) is 4.71. The van der Waals surface area contributed by atoms with Gasteiger partial charge in [0.2, 0.25) is 6.04 Å². The minimum atomic E-state index is -1.44. The third kappa shape index (κ3) is 6.49. The molecule has 1 atom stereocenters. The van der Waals surface area contributed by atoms with E-state index in [4.69, 9.17) is 42.1 Å². The van der Waals surface area contributed by atoms with Crippen LogP contribution < -0.4 is 24.3 Å². The molecule has 0 saturated carbocycles. The number of Topliss-reactive ketones (excluding diaryl/α,β-unsaturated/α-hetero) is 1. The third-order valence-electron chi connectivity index (χ3n) is 4.28. The maximum absolute atomic E-state index is 12.9. The number of rotatable bonds is 11. The minimum absolute atomic E-state index is 0.201. The SMILES string of the molecule is CCOc1ccc(NC(=O)C(N=Nc2cc(OC)c(OC)cc2Cl)C(C)=O)c(OCC)c1Cl. The lowest BCUT2D eigenvalue weighted by molar-refractivity contribution is -0.126. The number of amides is 1. The largest absolute Gasteiger partial charge is 0.493 e. The van der Waals surface area contributed by atoms with E-state index in [0.717, 1.165) is 0 Å². The number of methoxy groups -OCH3 is 2. The number of azo groups is 1. The van der Waals surface area contributed by atoms with Crippen LogP contribution >= 0.6 is 23.2 Å². The smallest absolute Gasteiger partial charge is 0.258 e. The third-order valence-corrected chi connectivity index (χ3v) is 4.94. The van der Waals surface area contributed by atoms with Gasteiger partial charge in [0.05, 0.1) is 38.1 Å². The number of nitrogens with one attached hydrogen (secondary N) is 1. The number of carbonyl (C=O) groups is 2. The lowest BCUT2D eigenvalue weighted by Gasteiger charge is -2.17. The molecule has 0 saturated heterocycles. The Morgan fingerprint density at radius 3 is 2.21 bits per heavy atom. The van der Waals surface area contributed by atoms with Crippen LogP contribution in [-0.4, -0.2) is 45.2 Å². The van der Waals surface area contributed by atoms with Crippen molar-refractivity contribution in [1.82, 2.24) is 0 Å². The van der Waals surface area contributed by atoms with E-state index < -0.39 is 17.7 Å². The van der Waals surface area contributed by atoms with Crippen molar-refractivity contribution in [3.05, 3.63) is 34.3 Å². The molecule has 0 aliphatic rings. The predicted octanol–water partition coefficient (Wildman–Crippen LogP) is 5.49. The number of benzene rings is 2. The van der Waals surface area contributed by atoms with Crippen LogP contribution in [0.4, 0.5) is 11.4 Å². The number of anilines is 1.